The monoisotopic (exact) mass is 378 g/mol. The number of halogens is 1. The third-order valence-electron chi connectivity index (χ3n) is 4.10. The number of rotatable bonds is 3. The maximum absolute atomic E-state index is 13.3. The zero-order chi connectivity index (χ0) is 17.4. The molecule has 0 unspecified atom stereocenters. The van der Waals surface area contributed by atoms with Gasteiger partial charge in [-0.1, -0.05) is 17.4 Å². The van der Waals surface area contributed by atoms with Gasteiger partial charge in [-0.15, -0.1) is 0 Å². The summed E-state index contributed by atoms with van der Waals surface area (Å²) in [6.45, 7) is 1.74. The summed E-state index contributed by atoms with van der Waals surface area (Å²) in [7, 11) is -3.68. The Morgan fingerprint density at radius 2 is 1.88 bits per heavy atom. The van der Waals surface area contributed by atoms with E-state index in [4.69, 9.17) is 0 Å². The average molecular weight is 378 g/mol. The molecule has 2 aromatic heterocycles. The highest BCUT2D eigenvalue weighted by Gasteiger charge is 2.29. The fraction of sp³-hybridized carbons (Fsp3) is 0.250. The lowest BCUT2D eigenvalue weighted by molar-refractivity contribution is 0.384. The first-order valence-corrected chi connectivity index (χ1v) is 10.0. The molecule has 4 rings (SSSR count). The minimum Gasteiger partial charge on any atom is -0.345 e. The van der Waals surface area contributed by atoms with Gasteiger partial charge in [-0.3, -0.25) is 0 Å². The highest BCUT2D eigenvalue weighted by Crippen LogP contribution is 2.28. The van der Waals surface area contributed by atoms with Gasteiger partial charge in [-0.25, -0.2) is 22.8 Å². The number of aromatic nitrogens is 2. The zero-order valence-corrected chi connectivity index (χ0v) is 14.8. The molecule has 0 atom stereocenters. The van der Waals surface area contributed by atoms with Gasteiger partial charge in [0.1, 0.15) is 16.2 Å². The van der Waals surface area contributed by atoms with Gasteiger partial charge in [0.15, 0.2) is 5.13 Å². The lowest BCUT2D eigenvalue weighted by atomic mass is 10.4. The lowest BCUT2D eigenvalue weighted by Gasteiger charge is -2.33. The number of pyridine rings is 1. The van der Waals surface area contributed by atoms with Crippen LogP contribution in [0.3, 0.4) is 0 Å². The molecule has 130 valence electrons. The number of piperazine rings is 1. The van der Waals surface area contributed by atoms with Crippen molar-refractivity contribution in [2.75, 3.05) is 31.1 Å². The third kappa shape index (κ3) is 3.10. The highest BCUT2D eigenvalue weighted by atomic mass is 32.2. The molecule has 3 heterocycles. The zero-order valence-electron chi connectivity index (χ0n) is 13.2. The van der Waals surface area contributed by atoms with Crippen LogP contribution in [0.5, 0.6) is 0 Å². The predicted octanol–water partition coefficient (Wildman–Crippen LogP) is 2.34. The van der Waals surface area contributed by atoms with Crippen molar-refractivity contribution in [1.82, 2.24) is 14.3 Å². The van der Waals surface area contributed by atoms with Crippen LogP contribution in [0, 0.1) is 5.82 Å². The molecule has 0 bridgehead atoms. The molecule has 0 N–H and O–H groups in total. The number of fused-ring (bicyclic) bond motifs is 1. The number of benzene rings is 1. The molecule has 1 fully saturated rings. The van der Waals surface area contributed by atoms with Crippen molar-refractivity contribution >= 4 is 36.8 Å². The Hall–Kier alpha value is -2.10. The fourth-order valence-electron chi connectivity index (χ4n) is 2.79. The van der Waals surface area contributed by atoms with E-state index in [1.165, 1.54) is 33.8 Å². The summed E-state index contributed by atoms with van der Waals surface area (Å²) < 4.78 is 40.0. The first-order chi connectivity index (χ1) is 12.0. The Morgan fingerprint density at radius 3 is 2.60 bits per heavy atom. The van der Waals surface area contributed by atoms with Gasteiger partial charge in [0.2, 0.25) is 10.0 Å². The van der Waals surface area contributed by atoms with Crippen LogP contribution in [0.2, 0.25) is 0 Å². The molecular formula is C16H15FN4O2S2. The van der Waals surface area contributed by atoms with E-state index in [-0.39, 0.29) is 4.90 Å². The molecular weight excluding hydrogens is 363 g/mol. The number of sulfonamides is 1. The number of hydrogen-bond acceptors (Lipinski definition) is 6. The summed E-state index contributed by atoms with van der Waals surface area (Å²) in [6, 6.07) is 8.87. The lowest BCUT2D eigenvalue weighted by Crippen LogP contribution is -2.48. The van der Waals surface area contributed by atoms with Crippen molar-refractivity contribution in [3.05, 3.63) is 48.4 Å². The Kier molecular flexibility index (Phi) is 4.14. The Morgan fingerprint density at radius 1 is 1.08 bits per heavy atom. The molecule has 25 heavy (non-hydrogen) atoms. The second-order valence-corrected chi connectivity index (χ2v) is 8.57. The first-order valence-electron chi connectivity index (χ1n) is 7.76. The largest absolute Gasteiger partial charge is 0.345 e. The van der Waals surface area contributed by atoms with E-state index >= 15 is 0 Å². The van der Waals surface area contributed by atoms with Crippen LogP contribution >= 0.6 is 11.3 Å². The van der Waals surface area contributed by atoms with Gasteiger partial charge in [-0.05, 0) is 30.3 Å². The smallest absolute Gasteiger partial charge is 0.243 e. The molecule has 3 aromatic rings. The summed E-state index contributed by atoms with van der Waals surface area (Å²) in [5, 5.41) is 0.844. The molecule has 0 aliphatic carbocycles. The van der Waals surface area contributed by atoms with Crippen LogP contribution in [0.15, 0.2) is 47.5 Å². The van der Waals surface area contributed by atoms with E-state index < -0.39 is 15.8 Å². The second kappa shape index (κ2) is 6.32. The van der Waals surface area contributed by atoms with E-state index in [1.807, 2.05) is 12.1 Å². The van der Waals surface area contributed by atoms with Gasteiger partial charge in [0.05, 0.1) is 4.90 Å². The minimum atomic E-state index is -3.68. The van der Waals surface area contributed by atoms with E-state index in [1.54, 1.807) is 6.20 Å². The van der Waals surface area contributed by atoms with Crippen LogP contribution in [0.4, 0.5) is 9.52 Å². The van der Waals surface area contributed by atoms with Crippen LogP contribution in [-0.2, 0) is 10.0 Å². The molecule has 1 aromatic carbocycles. The molecule has 1 aliphatic rings. The second-order valence-electron chi connectivity index (χ2n) is 5.67. The first kappa shape index (κ1) is 16.4. The maximum atomic E-state index is 13.3. The quantitative estimate of drug-likeness (QED) is 0.700. The van der Waals surface area contributed by atoms with Crippen LogP contribution in [0.25, 0.3) is 10.3 Å². The number of hydrogen-bond donors (Lipinski definition) is 0. The SMILES string of the molecule is O=S(=O)(c1cccc(F)c1)N1CCN(c2nc3cccnc3s2)CC1. The number of anilines is 1. The van der Waals surface area contributed by atoms with Crippen molar-refractivity contribution < 1.29 is 12.8 Å². The van der Waals surface area contributed by atoms with Crippen molar-refractivity contribution in [2.24, 2.45) is 0 Å². The van der Waals surface area contributed by atoms with Crippen molar-refractivity contribution in [1.29, 1.82) is 0 Å². The van der Waals surface area contributed by atoms with Gasteiger partial charge in [0, 0.05) is 32.4 Å². The standard InChI is InChI=1S/C16H15FN4O2S2/c17-12-3-1-4-13(11-12)25(22,23)21-9-7-20(8-10-21)16-19-14-5-2-6-18-15(14)24-16/h1-6,11H,7-10H2. The van der Waals surface area contributed by atoms with Gasteiger partial charge in [0.25, 0.3) is 0 Å². The van der Waals surface area contributed by atoms with Gasteiger partial charge >= 0.3 is 0 Å². The van der Waals surface area contributed by atoms with Crippen molar-refractivity contribution in [3.63, 3.8) is 0 Å². The molecule has 0 radical (unpaired) electrons. The Bertz CT molecular complexity index is 981. The number of nitrogens with zero attached hydrogens (tertiary/aromatic N) is 4. The van der Waals surface area contributed by atoms with Crippen LogP contribution in [0.1, 0.15) is 0 Å². The van der Waals surface area contributed by atoms with Crippen LogP contribution in [-0.4, -0.2) is 48.9 Å². The topological polar surface area (TPSA) is 66.4 Å². The molecule has 0 spiro atoms. The van der Waals surface area contributed by atoms with Crippen LogP contribution < -0.4 is 4.90 Å². The molecule has 1 aliphatic heterocycles. The van der Waals surface area contributed by atoms with E-state index in [9.17, 15) is 12.8 Å². The summed E-state index contributed by atoms with van der Waals surface area (Å²) in [5.74, 6) is -0.554. The summed E-state index contributed by atoms with van der Waals surface area (Å²) >= 11 is 1.50. The molecule has 0 saturated carbocycles. The summed E-state index contributed by atoms with van der Waals surface area (Å²) in [6.07, 6.45) is 1.73. The van der Waals surface area contributed by atoms with Crippen molar-refractivity contribution in [2.45, 2.75) is 4.90 Å². The Balaban J connectivity index is 1.51. The van der Waals surface area contributed by atoms with E-state index in [0.717, 1.165) is 21.5 Å². The van der Waals surface area contributed by atoms with Gasteiger partial charge in [-0.2, -0.15) is 4.31 Å². The van der Waals surface area contributed by atoms with E-state index in [2.05, 4.69) is 14.9 Å². The molecule has 9 heteroatoms. The fourth-order valence-corrected chi connectivity index (χ4v) is 5.20. The molecule has 1 saturated heterocycles. The van der Waals surface area contributed by atoms with Crippen molar-refractivity contribution in [3.8, 4) is 0 Å². The molecule has 0 amide bonds. The molecule has 6 nitrogen and oxygen atoms in total. The highest BCUT2D eigenvalue weighted by molar-refractivity contribution is 7.89. The number of thiazole rings is 1. The normalized spacial score (nSPS) is 16.4. The minimum absolute atomic E-state index is 0.00913. The van der Waals surface area contributed by atoms with Gasteiger partial charge < -0.3 is 4.90 Å². The van der Waals surface area contributed by atoms with E-state index in [0.29, 0.717) is 26.2 Å². The Labute approximate surface area is 148 Å². The maximum Gasteiger partial charge on any atom is 0.243 e. The average Bonchev–Trinajstić information content (AvgIpc) is 3.06. The third-order valence-corrected chi connectivity index (χ3v) is 7.03. The summed E-state index contributed by atoms with van der Waals surface area (Å²) in [4.78, 5) is 11.8. The predicted molar refractivity (Wildman–Crippen MR) is 94.8 cm³/mol. The summed E-state index contributed by atoms with van der Waals surface area (Å²) in [5.41, 5.74) is 0.845.